The molecule has 1 fully saturated rings. The number of carbonyl (C=O) groups is 1. The fourth-order valence-electron chi connectivity index (χ4n) is 4.84. The van der Waals surface area contributed by atoms with Crippen LogP contribution < -0.4 is 10.2 Å². The Morgan fingerprint density at radius 2 is 1.65 bits per heavy atom. The van der Waals surface area contributed by atoms with Gasteiger partial charge < -0.3 is 14.1 Å². The van der Waals surface area contributed by atoms with E-state index in [2.05, 4.69) is 11.8 Å². The van der Waals surface area contributed by atoms with Crippen LogP contribution in [0.4, 0.5) is 4.39 Å². The van der Waals surface area contributed by atoms with Crippen LogP contribution >= 0.6 is 0 Å². The van der Waals surface area contributed by atoms with Crippen LogP contribution in [0.5, 0.6) is 5.75 Å². The standard InChI is InChI=1S/C30H29FN2O4/c1-20-17-33(21(2)16-32(20)18-22-12-14-24(31)15-13-22)27(34)19-36-30-28(35)25-10-6-7-11-26(25)37-29(30)23-8-4-3-5-9-23/h3-15,20-21H,16-19H2,1-2H3/t20-,21+/m0/s1. The number of hydrogen-bond donors (Lipinski definition) is 0. The van der Waals surface area contributed by atoms with Crippen molar-refractivity contribution in [3.63, 3.8) is 0 Å². The molecule has 0 spiro atoms. The number of para-hydroxylation sites is 1. The summed E-state index contributed by atoms with van der Waals surface area (Å²) in [6, 6.07) is 22.8. The molecule has 5 rings (SSSR count). The Labute approximate surface area is 214 Å². The number of hydrogen-bond acceptors (Lipinski definition) is 5. The molecule has 0 saturated carbocycles. The van der Waals surface area contributed by atoms with Crippen molar-refractivity contribution in [3.8, 4) is 17.1 Å². The molecule has 0 unspecified atom stereocenters. The molecular formula is C30H29FN2O4. The summed E-state index contributed by atoms with van der Waals surface area (Å²) >= 11 is 0. The monoisotopic (exact) mass is 500 g/mol. The summed E-state index contributed by atoms with van der Waals surface area (Å²) in [5.74, 6) is -0.0969. The van der Waals surface area contributed by atoms with Gasteiger partial charge in [0.05, 0.1) is 5.39 Å². The Morgan fingerprint density at radius 3 is 2.41 bits per heavy atom. The minimum Gasteiger partial charge on any atom is -0.476 e. The third-order valence-electron chi connectivity index (χ3n) is 6.87. The van der Waals surface area contributed by atoms with E-state index in [4.69, 9.17) is 9.15 Å². The van der Waals surface area contributed by atoms with Crippen LogP contribution in [0.15, 0.2) is 88.1 Å². The fraction of sp³-hybridized carbons (Fsp3) is 0.267. The zero-order valence-electron chi connectivity index (χ0n) is 20.9. The van der Waals surface area contributed by atoms with E-state index in [-0.39, 0.29) is 41.6 Å². The number of amides is 1. The smallest absolute Gasteiger partial charge is 0.260 e. The van der Waals surface area contributed by atoms with Gasteiger partial charge in [-0.05, 0) is 43.7 Å². The highest BCUT2D eigenvalue weighted by Gasteiger charge is 2.32. The molecule has 37 heavy (non-hydrogen) atoms. The number of fused-ring (bicyclic) bond motifs is 1. The predicted molar refractivity (Wildman–Crippen MR) is 141 cm³/mol. The zero-order valence-corrected chi connectivity index (χ0v) is 20.9. The molecule has 1 amide bonds. The van der Waals surface area contributed by atoms with Gasteiger partial charge in [-0.25, -0.2) is 4.39 Å². The van der Waals surface area contributed by atoms with Gasteiger partial charge in [0.2, 0.25) is 11.2 Å². The van der Waals surface area contributed by atoms with Crippen LogP contribution in [-0.4, -0.2) is 47.5 Å². The van der Waals surface area contributed by atoms with Gasteiger partial charge in [0.1, 0.15) is 11.4 Å². The maximum absolute atomic E-state index is 13.3. The predicted octanol–water partition coefficient (Wildman–Crippen LogP) is 5.10. The average Bonchev–Trinajstić information content (AvgIpc) is 2.91. The maximum Gasteiger partial charge on any atom is 0.260 e. The van der Waals surface area contributed by atoms with E-state index in [1.165, 1.54) is 12.1 Å². The largest absolute Gasteiger partial charge is 0.476 e. The summed E-state index contributed by atoms with van der Waals surface area (Å²) < 4.78 is 25.3. The van der Waals surface area contributed by atoms with Crippen molar-refractivity contribution >= 4 is 16.9 Å². The Kier molecular flexibility index (Phi) is 7.06. The second-order valence-electron chi connectivity index (χ2n) is 9.54. The topological polar surface area (TPSA) is 63.0 Å². The molecular weight excluding hydrogens is 471 g/mol. The Bertz CT molecular complexity index is 1450. The number of nitrogens with zero attached hydrogens (tertiary/aromatic N) is 2. The van der Waals surface area contributed by atoms with Gasteiger partial charge in [0, 0.05) is 37.3 Å². The molecule has 1 aliphatic heterocycles. The molecule has 1 aromatic heterocycles. The lowest BCUT2D eigenvalue weighted by Crippen LogP contribution is -2.58. The van der Waals surface area contributed by atoms with Crippen molar-refractivity contribution < 1.29 is 18.3 Å². The molecule has 0 N–H and O–H groups in total. The van der Waals surface area contributed by atoms with Crippen molar-refractivity contribution in [2.24, 2.45) is 0 Å². The number of ether oxygens (including phenoxy) is 1. The number of benzene rings is 3. The van der Waals surface area contributed by atoms with Crippen LogP contribution in [0, 0.1) is 5.82 Å². The van der Waals surface area contributed by atoms with Gasteiger partial charge in [0.15, 0.2) is 12.4 Å². The minimum atomic E-state index is -0.306. The van der Waals surface area contributed by atoms with E-state index in [1.54, 1.807) is 35.2 Å². The van der Waals surface area contributed by atoms with Gasteiger partial charge in [-0.2, -0.15) is 0 Å². The maximum atomic E-state index is 13.3. The minimum absolute atomic E-state index is 0.0360. The van der Waals surface area contributed by atoms with Crippen LogP contribution in [0.2, 0.25) is 0 Å². The summed E-state index contributed by atoms with van der Waals surface area (Å²) in [5, 5.41) is 0.404. The zero-order chi connectivity index (χ0) is 25.9. The molecule has 1 aliphatic rings. The van der Waals surface area contributed by atoms with E-state index in [0.29, 0.717) is 41.9 Å². The number of piperazine rings is 1. The second-order valence-corrected chi connectivity index (χ2v) is 9.54. The highest BCUT2D eigenvalue weighted by molar-refractivity contribution is 5.83. The van der Waals surface area contributed by atoms with Crippen LogP contribution in [0.1, 0.15) is 19.4 Å². The first-order valence-electron chi connectivity index (χ1n) is 12.4. The van der Waals surface area contributed by atoms with E-state index in [1.807, 2.05) is 43.3 Å². The van der Waals surface area contributed by atoms with Crippen molar-refractivity contribution in [2.45, 2.75) is 32.5 Å². The lowest BCUT2D eigenvalue weighted by atomic mass is 10.1. The lowest BCUT2D eigenvalue weighted by Gasteiger charge is -2.44. The molecule has 6 nitrogen and oxygen atoms in total. The number of carbonyl (C=O) groups excluding carboxylic acids is 1. The SMILES string of the molecule is C[C@@H]1CN(Cc2ccc(F)cc2)[C@@H](C)CN1C(=O)COc1c(-c2ccccc2)oc2ccccc2c1=O. The van der Waals surface area contributed by atoms with Gasteiger partial charge in [-0.15, -0.1) is 0 Å². The quantitative estimate of drug-likeness (QED) is 0.369. The molecule has 2 heterocycles. The summed E-state index contributed by atoms with van der Waals surface area (Å²) in [5.41, 5.74) is 1.88. The Morgan fingerprint density at radius 1 is 0.946 bits per heavy atom. The molecule has 0 radical (unpaired) electrons. The fourth-order valence-corrected chi connectivity index (χ4v) is 4.84. The van der Waals surface area contributed by atoms with E-state index < -0.39 is 0 Å². The first-order valence-corrected chi connectivity index (χ1v) is 12.4. The lowest BCUT2D eigenvalue weighted by molar-refractivity contribution is -0.139. The van der Waals surface area contributed by atoms with E-state index in [9.17, 15) is 14.0 Å². The summed E-state index contributed by atoms with van der Waals surface area (Å²) in [6.45, 7) is 5.70. The van der Waals surface area contributed by atoms with Gasteiger partial charge in [-0.3, -0.25) is 14.5 Å². The molecule has 3 aromatic carbocycles. The first kappa shape index (κ1) is 24.7. The summed E-state index contributed by atoms with van der Waals surface area (Å²) in [7, 11) is 0. The molecule has 2 atom stereocenters. The van der Waals surface area contributed by atoms with Crippen molar-refractivity contribution in [3.05, 3.63) is 100 Å². The van der Waals surface area contributed by atoms with Crippen LogP contribution in [-0.2, 0) is 11.3 Å². The van der Waals surface area contributed by atoms with Gasteiger partial charge >= 0.3 is 0 Å². The number of halogens is 1. The third kappa shape index (κ3) is 5.27. The molecule has 1 saturated heterocycles. The number of rotatable bonds is 6. The highest BCUT2D eigenvalue weighted by Crippen LogP contribution is 2.31. The van der Waals surface area contributed by atoms with Gasteiger partial charge in [0.25, 0.3) is 5.91 Å². The Balaban J connectivity index is 1.32. The van der Waals surface area contributed by atoms with Gasteiger partial charge in [-0.1, -0.05) is 54.6 Å². The van der Waals surface area contributed by atoms with E-state index in [0.717, 1.165) is 5.56 Å². The van der Waals surface area contributed by atoms with Crippen LogP contribution in [0.3, 0.4) is 0 Å². The van der Waals surface area contributed by atoms with Crippen molar-refractivity contribution in [1.29, 1.82) is 0 Å². The third-order valence-corrected chi connectivity index (χ3v) is 6.87. The first-order chi connectivity index (χ1) is 17.9. The average molecular weight is 501 g/mol. The molecule has 7 heteroatoms. The molecule has 190 valence electrons. The Hall–Kier alpha value is -3.97. The highest BCUT2D eigenvalue weighted by atomic mass is 19.1. The van der Waals surface area contributed by atoms with E-state index >= 15 is 0 Å². The molecule has 0 aliphatic carbocycles. The van der Waals surface area contributed by atoms with Crippen molar-refractivity contribution in [2.75, 3.05) is 19.7 Å². The normalized spacial score (nSPS) is 18.2. The molecule has 4 aromatic rings. The summed E-state index contributed by atoms with van der Waals surface area (Å²) in [6.07, 6.45) is 0. The van der Waals surface area contributed by atoms with Crippen LogP contribution in [0.25, 0.3) is 22.3 Å². The molecule has 0 bridgehead atoms. The second kappa shape index (κ2) is 10.6. The van der Waals surface area contributed by atoms with Crippen molar-refractivity contribution in [1.82, 2.24) is 9.80 Å². The summed E-state index contributed by atoms with van der Waals surface area (Å²) in [4.78, 5) is 30.7.